The molecule has 102 valence electrons. The Morgan fingerprint density at radius 2 is 2.05 bits per heavy atom. The van der Waals surface area contributed by atoms with Crippen LogP contribution in [-0.4, -0.2) is 29.9 Å². The van der Waals surface area contributed by atoms with Crippen molar-refractivity contribution in [2.24, 2.45) is 0 Å². The van der Waals surface area contributed by atoms with Crippen LogP contribution in [0, 0.1) is 0 Å². The average Bonchev–Trinajstić information content (AvgIpc) is 3.18. The fraction of sp³-hybridized carbons (Fsp3) is 0.0667. The quantitative estimate of drug-likeness (QED) is 0.622. The van der Waals surface area contributed by atoms with E-state index in [1.165, 1.54) is 0 Å². The summed E-state index contributed by atoms with van der Waals surface area (Å²) in [5.74, 6) is 1.57. The first-order chi connectivity index (χ1) is 10.4. The molecular weight excluding hydrogens is 264 g/mol. The first-order valence-corrected chi connectivity index (χ1v) is 6.62. The van der Waals surface area contributed by atoms with Crippen molar-refractivity contribution in [1.29, 1.82) is 0 Å². The minimum atomic E-state index is 0.686. The maximum atomic E-state index is 4.45. The minimum Gasteiger partial charge on any atom is -0.261 e. The van der Waals surface area contributed by atoms with Crippen LogP contribution >= 0.6 is 0 Å². The fourth-order valence-corrected chi connectivity index (χ4v) is 2.29. The van der Waals surface area contributed by atoms with Crippen molar-refractivity contribution in [3.8, 4) is 5.82 Å². The zero-order valence-corrected chi connectivity index (χ0v) is 11.1. The zero-order chi connectivity index (χ0) is 14.1. The van der Waals surface area contributed by atoms with E-state index in [9.17, 15) is 0 Å². The SMILES string of the molecule is c1cnc2ccc(Cc3ncn(-c4ccn[nH]4)n3)cc2c1. The summed E-state index contributed by atoms with van der Waals surface area (Å²) in [7, 11) is 0. The van der Waals surface area contributed by atoms with Gasteiger partial charge in [0.15, 0.2) is 11.6 Å². The van der Waals surface area contributed by atoms with E-state index in [1.54, 1.807) is 23.4 Å². The fourth-order valence-electron chi connectivity index (χ4n) is 2.29. The number of fused-ring (bicyclic) bond motifs is 1. The molecule has 4 aromatic rings. The van der Waals surface area contributed by atoms with E-state index in [1.807, 2.05) is 18.2 Å². The van der Waals surface area contributed by atoms with E-state index in [0.29, 0.717) is 6.42 Å². The highest BCUT2D eigenvalue weighted by Gasteiger charge is 2.05. The van der Waals surface area contributed by atoms with Crippen LogP contribution in [0.4, 0.5) is 0 Å². The third kappa shape index (κ3) is 2.27. The average molecular weight is 276 g/mol. The Bertz CT molecular complexity index is 878. The Balaban J connectivity index is 1.62. The Morgan fingerprint density at radius 1 is 1.05 bits per heavy atom. The number of nitrogens with one attached hydrogen (secondary N) is 1. The molecule has 0 aliphatic rings. The van der Waals surface area contributed by atoms with Gasteiger partial charge in [-0.15, -0.1) is 5.10 Å². The molecule has 4 rings (SSSR count). The summed E-state index contributed by atoms with van der Waals surface area (Å²) in [6.07, 6.45) is 5.86. The van der Waals surface area contributed by atoms with Crippen molar-refractivity contribution in [3.05, 3.63) is 66.5 Å². The van der Waals surface area contributed by atoms with E-state index < -0.39 is 0 Å². The van der Waals surface area contributed by atoms with E-state index in [0.717, 1.165) is 28.1 Å². The lowest BCUT2D eigenvalue weighted by molar-refractivity contribution is 0.813. The van der Waals surface area contributed by atoms with Crippen LogP contribution < -0.4 is 0 Å². The van der Waals surface area contributed by atoms with Crippen molar-refractivity contribution < 1.29 is 0 Å². The lowest BCUT2D eigenvalue weighted by Gasteiger charge is -2.00. The van der Waals surface area contributed by atoms with Gasteiger partial charge in [-0.2, -0.15) is 5.10 Å². The van der Waals surface area contributed by atoms with Gasteiger partial charge in [0.1, 0.15) is 6.33 Å². The predicted molar refractivity (Wildman–Crippen MR) is 78.1 cm³/mol. The summed E-state index contributed by atoms with van der Waals surface area (Å²) in [4.78, 5) is 8.66. The van der Waals surface area contributed by atoms with Crippen LogP contribution in [0.2, 0.25) is 0 Å². The molecule has 0 atom stereocenters. The molecule has 0 aliphatic heterocycles. The normalized spacial score (nSPS) is 11.0. The largest absolute Gasteiger partial charge is 0.261 e. The molecule has 1 N–H and O–H groups in total. The molecule has 0 fully saturated rings. The molecule has 0 saturated carbocycles. The number of aromatic amines is 1. The predicted octanol–water partition coefficient (Wildman–Crippen LogP) is 2.13. The van der Waals surface area contributed by atoms with Crippen molar-refractivity contribution in [2.75, 3.05) is 0 Å². The Labute approximate surface area is 120 Å². The summed E-state index contributed by atoms with van der Waals surface area (Å²) in [5, 5.41) is 12.3. The first-order valence-electron chi connectivity index (χ1n) is 6.62. The number of benzene rings is 1. The second kappa shape index (κ2) is 4.82. The zero-order valence-electron chi connectivity index (χ0n) is 11.1. The number of H-pyrrole nitrogens is 1. The molecule has 0 spiro atoms. The molecule has 0 radical (unpaired) electrons. The number of hydrogen-bond donors (Lipinski definition) is 1. The summed E-state index contributed by atoms with van der Waals surface area (Å²) in [6, 6.07) is 12.1. The lowest BCUT2D eigenvalue weighted by atomic mass is 10.1. The maximum Gasteiger partial charge on any atom is 0.155 e. The third-order valence-corrected chi connectivity index (χ3v) is 3.30. The van der Waals surface area contributed by atoms with Gasteiger partial charge >= 0.3 is 0 Å². The van der Waals surface area contributed by atoms with E-state index in [-0.39, 0.29) is 0 Å². The molecule has 0 saturated heterocycles. The number of rotatable bonds is 3. The molecule has 6 heteroatoms. The number of hydrogen-bond acceptors (Lipinski definition) is 4. The smallest absolute Gasteiger partial charge is 0.155 e. The van der Waals surface area contributed by atoms with Crippen LogP contribution in [0.5, 0.6) is 0 Å². The maximum absolute atomic E-state index is 4.45. The Kier molecular flexibility index (Phi) is 2.71. The molecule has 0 unspecified atom stereocenters. The Morgan fingerprint density at radius 3 is 2.95 bits per heavy atom. The molecule has 3 heterocycles. The van der Waals surface area contributed by atoms with Crippen LogP contribution in [0.1, 0.15) is 11.4 Å². The van der Waals surface area contributed by atoms with Crippen molar-refractivity contribution >= 4 is 10.9 Å². The highest BCUT2D eigenvalue weighted by molar-refractivity contribution is 5.78. The monoisotopic (exact) mass is 276 g/mol. The van der Waals surface area contributed by atoms with Gasteiger partial charge in [-0.05, 0) is 23.8 Å². The van der Waals surface area contributed by atoms with Crippen LogP contribution in [0.25, 0.3) is 16.7 Å². The standard InChI is InChI=1S/C15H12N6/c1-2-12-8-11(3-4-13(12)16-6-1)9-14-17-10-21(20-14)15-5-7-18-19-15/h1-8,10H,9H2,(H,18,19). The van der Waals surface area contributed by atoms with Gasteiger partial charge < -0.3 is 0 Å². The first kappa shape index (κ1) is 11.8. The second-order valence-electron chi connectivity index (χ2n) is 4.75. The minimum absolute atomic E-state index is 0.686. The summed E-state index contributed by atoms with van der Waals surface area (Å²) in [5.41, 5.74) is 2.16. The lowest BCUT2D eigenvalue weighted by Crippen LogP contribution is -1.97. The summed E-state index contributed by atoms with van der Waals surface area (Å²) < 4.78 is 1.69. The van der Waals surface area contributed by atoms with Crippen LogP contribution in [-0.2, 0) is 6.42 Å². The summed E-state index contributed by atoms with van der Waals surface area (Å²) >= 11 is 0. The van der Waals surface area contributed by atoms with Gasteiger partial charge in [-0.3, -0.25) is 10.1 Å². The van der Waals surface area contributed by atoms with Gasteiger partial charge in [0.25, 0.3) is 0 Å². The molecule has 1 aromatic carbocycles. The van der Waals surface area contributed by atoms with Gasteiger partial charge in [-0.1, -0.05) is 12.1 Å². The third-order valence-electron chi connectivity index (χ3n) is 3.30. The van der Waals surface area contributed by atoms with Crippen LogP contribution in [0.3, 0.4) is 0 Å². The number of aromatic nitrogens is 6. The van der Waals surface area contributed by atoms with Gasteiger partial charge in [-0.25, -0.2) is 9.67 Å². The highest BCUT2D eigenvalue weighted by atomic mass is 15.4. The Hall–Kier alpha value is -3.02. The molecular formula is C15H12N6. The van der Waals surface area contributed by atoms with Gasteiger partial charge in [0.2, 0.25) is 0 Å². The topological polar surface area (TPSA) is 72.3 Å². The summed E-state index contributed by atoms with van der Waals surface area (Å²) in [6.45, 7) is 0. The van der Waals surface area contributed by atoms with Crippen molar-refractivity contribution in [1.82, 2.24) is 29.9 Å². The molecule has 3 aromatic heterocycles. The number of nitrogens with zero attached hydrogens (tertiary/aromatic N) is 5. The highest BCUT2D eigenvalue weighted by Crippen LogP contribution is 2.15. The van der Waals surface area contributed by atoms with E-state index >= 15 is 0 Å². The molecule has 0 bridgehead atoms. The van der Waals surface area contributed by atoms with Crippen molar-refractivity contribution in [2.45, 2.75) is 6.42 Å². The van der Waals surface area contributed by atoms with Crippen molar-refractivity contribution in [3.63, 3.8) is 0 Å². The molecule has 6 nitrogen and oxygen atoms in total. The molecule has 0 aliphatic carbocycles. The van der Waals surface area contributed by atoms with E-state index in [4.69, 9.17) is 0 Å². The van der Waals surface area contributed by atoms with E-state index in [2.05, 4.69) is 43.5 Å². The van der Waals surface area contributed by atoms with Gasteiger partial charge in [0, 0.05) is 24.1 Å². The second-order valence-corrected chi connectivity index (χ2v) is 4.75. The van der Waals surface area contributed by atoms with Crippen LogP contribution in [0.15, 0.2) is 55.1 Å². The molecule has 0 amide bonds. The van der Waals surface area contributed by atoms with Gasteiger partial charge in [0.05, 0.1) is 11.7 Å². The number of pyridine rings is 1. The molecule has 21 heavy (non-hydrogen) atoms.